The monoisotopic (exact) mass is 342 g/mol. The molecule has 1 aromatic heterocycles. The van der Waals surface area contributed by atoms with Gasteiger partial charge in [-0.2, -0.15) is 0 Å². The normalized spacial score (nSPS) is 18.3. The molecule has 1 fully saturated rings. The lowest BCUT2D eigenvalue weighted by molar-refractivity contribution is 0.157. The van der Waals surface area contributed by atoms with Crippen LogP contribution < -0.4 is 5.32 Å². The summed E-state index contributed by atoms with van der Waals surface area (Å²) in [6.45, 7) is 8.88. The van der Waals surface area contributed by atoms with E-state index in [1.54, 1.807) is 7.11 Å². The first kappa shape index (κ1) is 17.8. The van der Waals surface area contributed by atoms with Gasteiger partial charge in [0.05, 0.1) is 6.61 Å². The van der Waals surface area contributed by atoms with Crippen molar-refractivity contribution >= 4 is 16.9 Å². The van der Waals surface area contributed by atoms with Crippen molar-refractivity contribution in [1.29, 1.82) is 0 Å². The molecule has 0 saturated carbocycles. The topological polar surface area (TPSA) is 52.7 Å². The third-order valence-corrected chi connectivity index (χ3v) is 4.89. The fourth-order valence-corrected chi connectivity index (χ4v) is 3.61. The Bertz CT molecular complexity index is 722. The van der Waals surface area contributed by atoms with E-state index in [1.807, 2.05) is 0 Å². The van der Waals surface area contributed by atoms with Gasteiger partial charge in [-0.25, -0.2) is 0 Å². The molecule has 0 amide bonds. The van der Waals surface area contributed by atoms with E-state index < -0.39 is 0 Å². The summed E-state index contributed by atoms with van der Waals surface area (Å²) in [5.41, 5.74) is 3.84. The highest BCUT2D eigenvalue weighted by Gasteiger charge is 2.24. The van der Waals surface area contributed by atoms with Crippen LogP contribution in [0.15, 0.2) is 29.4 Å². The molecule has 25 heavy (non-hydrogen) atoms. The quantitative estimate of drug-likeness (QED) is 0.627. The summed E-state index contributed by atoms with van der Waals surface area (Å²) >= 11 is 0. The minimum absolute atomic E-state index is 0.616. The second-order valence-electron chi connectivity index (χ2n) is 6.90. The predicted octanol–water partition coefficient (Wildman–Crippen LogP) is 2.95. The zero-order valence-corrected chi connectivity index (χ0v) is 15.6. The van der Waals surface area contributed by atoms with Crippen LogP contribution >= 0.6 is 0 Å². The van der Waals surface area contributed by atoms with E-state index in [0.29, 0.717) is 5.92 Å². The maximum absolute atomic E-state index is 5.30. The van der Waals surface area contributed by atoms with E-state index in [-0.39, 0.29) is 0 Å². The molecule has 1 aliphatic heterocycles. The van der Waals surface area contributed by atoms with Crippen molar-refractivity contribution in [3.8, 4) is 0 Å². The van der Waals surface area contributed by atoms with Crippen LogP contribution in [0.5, 0.6) is 0 Å². The van der Waals surface area contributed by atoms with E-state index in [0.717, 1.165) is 45.2 Å². The van der Waals surface area contributed by atoms with E-state index in [2.05, 4.69) is 53.4 Å². The van der Waals surface area contributed by atoms with Crippen LogP contribution in [-0.4, -0.2) is 55.7 Å². The second-order valence-corrected chi connectivity index (χ2v) is 6.90. The van der Waals surface area contributed by atoms with Crippen LogP contribution in [0.25, 0.3) is 10.9 Å². The van der Waals surface area contributed by atoms with Gasteiger partial charge in [0.2, 0.25) is 0 Å². The molecule has 2 aromatic rings. The fraction of sp³-hybridized carbons (Fsp3) is 0.550. The summed E-state index contributed by atoms with van der Waals surface area (Å²) in [7, 11) is 1.78. The van der Waals surface area contributed by atoms with Gasteiger partial charge in [0, 0.05) is 56.3 Å². The van der Waals surface area contributed by atoms with Gasteiger partial charge in [0.25, 0.3) is 0 Å². The minimum atomic E-state index is 0.616. The zero-order chi connectivity index (χ0) is 17.6. The molecule has 2 heterocycles. The number of fused-ring (bicyclic) bond motifs is 1. The molecular formula is C20H30N4O. The van der Waals surface area contributed by atoms with Crippen molar-refractivity contribution in [2.75, 3.05) is 39.9 Å². The molecule has 0 aliphatic carbocycles. The molecule has 1 aromatic carbocycles. The molecule has 5 nitrogen and oxygen atoms in total. The summed E-state index contributed by atoms with van der Waals surface area (Å²) in [6, 6.07) is 6.58. The Hall–Kier alpha value is -2.01. The van der Waals surface area contributed by atoms with Gasteiger partial charge < -0.3 is 19.9 Å². The smallest absolute Gasteiger partial charge is 0.193 e. The van der Waals surface area contributed by atoms with Gasteiger partial charge >= 0.3 is 0 Å². The number of nitrogens with one attached hydrogen (secondary N) is 2. The lowest BCUT2D eigenvalue weighted by Gasteiger charge is -2.21. The van der Waals surface area contributed by atoms with Crippen LogP contribution in [0.1, 0.15) is 24.5 Å². The van der Waals surface area contributed by atoms with Crippen LogP contribution in [0.3, 0.4) is 0 Å². The number of aryl methyl sites for hydroxylation is 1. The summed E-state index contributed by atoms with van der Waals surface area (Å²) in [5, 5.41) is 4.75. The Labute approximate surface area is 150 Å². The van der Waals surface area contributed by atoms with Crippen molar-refractivity contribution in [3.63, 3.8) is 0 Å². The van der Waals surface area contributed by atoms with E-state index in [4.69, 9.17) is 9.73 Å². The Morgan fingerprint density at radius 2 is 2.32 bits per heavy atom. The second kappa shape index (κ2) is 8.39. The van der Waals surface area contributed by atoms with E-state index >= 15 is 0 Å². The number of aliphatic imine (C=N–C) groups is 1. The average Bonchev–Trinajstić information content (AvgIpc) is 3.21. The van der Waals surface area contributed by atoms with Crippen LogP contribution in [0, 0.1) is 12.8 Å². The summed E-state index contributed by atoms with van der Waals surface area (Å²) in [4.78, 5) is 10.6. The summed E-state index contributed by atoms with van der Waals surface area (Å²) in [5.74, 6) is 1.66. The maximum Gasteiger partial charge on any atom is 0.193 e. The van der Waals surface area contributed by atoms with Gasteiger partial charge in [0.1, 0.15) is 0 Å². The number of guanidine groups is 1. The molecular weight excluding hydrogens is 312 g/mol. The predicted molar refractivity (Wildman–Crippen MR) is 104 cm³/mol. The van der Waals surface area contributed by atoms with Crippen molar-refractivity contribution in [1.82, 2.24) is 15.2 Å². The summed E-state index contributed by atoms with van der Waals surface area (Å²) < 4.78 is 5.30. The van der Waals surface area contributed by atoms with E-state index in [1.165, 1.54) is 28.5 Å². The van der Waals surface area contributed by atoms with Crippen molar-refractivity contribution in [3.05, 3.63) is 35.5 Å². The molecule has 1 unspecified atom stereocenters. The lowest BCUT2D eigenvalue weighted by atomic mass is 10.1. The van der Waals surface area contributed by atoms with Crippen molar-refractivity contribution < 1.29 is 4.74 Å². The van der Waals surface area contributed by atoms with Gasteiger partial charge in [-0.15, -0.1) is 0 Å². The summed E-state index contributed by atoms with van der Waals surface area (Å²) in [6.07, 6.45) is 4.25. The molecule has 0 spiro atoms. The Kier molecular flexibility index (Phi) is 5.97. The Morgan fingerprint density at radius 1 is 1.44 bits per heavy atom. The zero-order valence-electron chi connectivity index (χ0n) is 15.6. The first-order valence-corrected chi connectivity index (χ1v) is 9.30. The first-order chi connectivity index (χ1) is 12.2. The largest absolute Gasteiger partial charge is 0.384 e. The molecule has 5 heteroatoms. The third kappa shape index (κ3) is 4.34. The van der Waals surface area contributed by atoms with Gasteiger partial charge in [-0.1, -0.05) is 12.1 Å². The van der Waals surface area contributed by atoms with Gasteiger partial charge in [0.15, 0.2) is 5.96 Å². The number of aromatic nitrogens is 1. The third-order valence-electron chi connectivity index (χ3n) is 4.89. The minimum Gasteiger partial charge on any atom is -0.384 e. The average molecular weight is 342 g/mol. The fourth-order valence-electron chi connectivity index (χ4n) is 3.61. The lowest BCUT2D eigenvalue weighted by Crippen LogP contribution is -2.40. The number of hydrogen-bond donors (Lipinski definition) is 2. The number of aromatic amines is 1. The van der Waals surface area contributed by atoms with Gasteiger partial charge in [-0.05, 0) is 43.9 Å². The van der Waals surface area contributed by atoms with Crippen LogP contribution in [0.2, 0.25) is 0 Å². The standard InChI is InChI=1S/C20H30N4O/c1-4-21-20(24-10-8-16(13-24)14-25-3)22-9-7-17-12-23-19-11-15(2)5-6-18(17)19/h5-6,11-12,16,23H,4,7-10,13-14H2,1-3H3,(H,21,22). The SMILES string of the molecule is CCNC(=NCCc1c[nH]c2cc(C)ccc12)N1CCC(COC)C1. The van der Waals surface area contributed by atoms with Gasteiger partial charge in [-0.3, -0.25) is 4.99 Å². The molecule has 2 N–H and O–H groups in total. The molecule has 3 rings (SSSR count). The number of ether oxygens (including phenoxy) is 1. The highest BCUT2D eigenvalue weighted by molar-refractivity contribution is 5.84. The van der Waals surface area contributed by atoms with Crippen molar-refractivity contribution in [2.24, 2.45) is 10.9 Å². The molecule has 136 valence electrons. The highest BCUT2D eigenvalue weighted by atomic mass is 16.5. The number of methoxy groups -OCH3 is 1. The maximum atomic E-state index is 5.30. The Balaban J connectivity index is 1.63. The van der Waals surface area contributed by atoms with Crippen LogP contribution in [-0.2, 0) is 11.2 Å². The molecule has 1 atom stereocenters. The number of rotatable bonds is 6. The number of benzene rings is 1. The molecule has 1 aliphatic rings. The first-order valence-electron chi connectivity index (χ1n) is 9.30. The number of likely N-dealkylation sites (tertiary alicyclic amines) is 1. The number of H-pyrrole nitrogens is 1. The molecule has 1 saturated heterocycles. The van der Waals surface area contributed by atoms with Crippen LogP contribution in [0.4, 0.5) is 0 Å². The Morgan fingerprint density at radius 3 is 3.12 bits per heavy atom. The van der Waals surface area contributed by atoms with E-state index in [9.17, 15) is 0 Å². The molecule has 0 bridgehead atoms. The number of nitrogens with zero attached hydrogens (tertiary/aromatic N) is 2. The number of hydrogen-bond acceptors (Lipinski definition) is 2. The molecule has 0 radical (unpaired) electrons. The highest BCUT2D eigenvalue weighted by Crippen LogP contribution is 2.20. The van der Waals surface area contributed by atoms with Crippen molar-refractivity contribution in [2.45, 2.75) is 26.7 Å².